The van der Waals surface area contributed by atoms with E-state index in [1.165, 1.54) is 10.5 Å². The van der Waals surface area contributed by atoms with Crippen LogP contribution in [0, 0.1) is 18.3 Å². The molecule has 0 spiro atoms. The molecule has 0 bridgehead atoms. The van der Waals surface area contributed by atoms with Crippen LogP contribution in [0.2, 0.25) is 0 Å². The van der Waals surface area contributed by atoms with Crippen molar-refractivity contribution in [1.29, 1.82) is 5.26 Å². The molecule has 2 fully saturated rings. The van der Waals surface area contributed by atoms with E-state index in [2.05, 4.69) is 41.6 Å². The van der Waals surface area contributed by atoms with Gasteiger partial charge in [-0.1, -0.05) is 24.8 Å². The number of rotatable bonds is 10. The molecule has 2 aliphatic heterocycles. The predicted molar refractivity (Wildman–Crippen MR) is 168 cm³/mol. The van der Waals surface area contributed by atoms with Gasteiger partial charge < -0.3 is 19.4 Å². The second-order valence-electron chi connectivity index (χ2n) is 12.4. The number of anilines is 2. The smallest absolute Gasteiger partial charge is 0.318 e. The SMILES string of the molecule is C=C(F)C(=O)N1CCN(c2nc(OCCN(C)CC3(F)CC3)nc3c2CCN(c2cncc4cccc(C)c24)C3)C[C@@H]1CC#N. The molecule has 45 heavy (non-hydrogen) atoms. The zero-order valence-electron chi connectivity index (χ0n) is 25.8. The first-order chi connectivity index (χ1) is 21.7. The van der Waals surface area contributed by atoms with E-state index in [0.29, 0.717) is 64.4 Å². The number of halogens is 2. The molecule has 1 atom stereocenters. The van der Waals surface area contributed by atoms with E-state index in [4.69, 9.17) is 14.7 Å². The number of nitriles is 1. The highest BCUT2D eigenvalue weighted by molar-refractivity contribution is 5.96. The van der Waals surface area contributed by atoms with Gasteiger partial charge in [0.25, 0.3) is 5.91 Å². The van der Waals surface area contributed by atoms with Gasteiger partial charge in [-0.05, 0) is 38.8 Å². The Morgan fingerprint density at radius 3 is 2.80 bits per heavy atom. The van der Waals surface area contributed by atoms with Crippen molar-refractivity contribution in [2.45, 2.75) is 50.9 Å². The molecule has 10 nitrogen and oxygen atoms in total. The first kappa shape index (κ1) is 30.6. The molecule has 4 heterocycles. The van der Waals surface area contributed by atoms with Gasteiger partial charge in [-0.2, -0.15) is 15.2 Å². The molecule has 3 aliphatic rings. The van der Waals surface area contributed by atoms with Crippen LogP contribution in [-0.2, 0) is 17.8 Å². The topological polar surface area (TPSA) is 102 Å². The molecule has 1 aromatic carbocycles. The number of carbonyl (C=O) groups excluding carboxylic acids is 1. The Balaban J connectivity index is 1.29. The van der Waals surface area contributed by atoms with Gasteiger partial charge in [0.2, 0.25) is 0 Å². The number of benzene rings is 1. The van der Waals surface area contributed by atoms with Crippen LogP contribution in [0.3, 0.4) is 0 Å². The van der Waals surface area contributed by atoms with Gasteiger partial charge in [0, 0.05) is 61.8 Å². The van der Waals surface area contributed by atoms with Gasteiger partial charge in [0.05, 0.1) is 42.7 Å². The lowest BCUT2D eigenvalue weighted by Gasteiger charge is -2.42. The highest BCUT2D eigenvalue weighted by Crippen LogP contribution is 2.40. The second-order valence-corrected chi connectivity index (χ2v) is 12.4. The van der Waals surface area contributed by atoms with Gasteiger partial charge in [0.15, 0.2) is 5.83 Å². The fourth-order valence-corrected chi connectivity index (χ4v) is 6.46. The number of carbonyl (C=O) groups is 1. The van der Waals surface area contributed by atoms with E-state index >= 15 is 0 Å². The maximum atomic E-state index is 14.3. The maximum Gasteiger partial charge on any atom is 0.318 e. The summed E-state index contributed by atoms with van der Waals surface area (Å²) in [5.74, 6) is -1.13. The third-order valence-corrected chi connectivity index (χ3v) is 8.99. The van der Waals surface area contributed by atoms with E-state index in [1.807, 2.05) is 35.3 Å². The summed E-state index contributed by atoms with van der Waals surface area (Å²) in [7, 11) is 1.88. The van der Waals surface area contributed by atoms with Crippen molar-refractivity contribution in [3.63, 3.8) is 0 Å². The molecule has 0 N–H and O–H groups in total. The minimum absolute atomic E-state index is 0.0513. The van der Waals surface area contributed by atoms with Crippen LogP contribution in [0.5, 0.6) is 6.01 Å². The number of aromatic nitrogens is 3. The Morgan fingerprint density at radius 1 is 1.22 bits per heavy atom. The average molecular weight is 617 g/mol. The lowest BCUT2D eigenvalue weighted by atomic mass is 10.0. The van der Waals surface area contributed by atoms with E-state index in [-0.39, 0.29) is 19.0 Å². The monoisotopic (exact) mass is 616 g/mol. The number of piperazine rings is 1. The highest BCUT2D eigenvalue weighted by atomic mass is 19.1. The molecule has 0 unspecified atom stereocenters. The summed E-state index contributed by atoms with van der Waals surface area (Å²) in [5, 5.41) is 11.7. The van der Waals surface area contributed by atoms with Crippen LogP contribution >= 0.6 is 0 Å². The molecule has 6 rings (SSSR count). The molecule has 0 radical (unpaired) electrons. The molecule has 1 aliphatic carbocycles. The average Bonchev–Trinajstić information content (AvgIpc) is 3.75. The van der Waals surface area contributed by atoms with Gasteiger partial charge in [-0.25, -0.2) is 8.78 Å². The molecule has 236 valence electrons. The number of hydrogen-bond acceptors (Lipinski definition) is 9. The largest absolute Gasteiger partial charge is 0.462 e. The van der Waals surface area contributed by atoms with Gasteiger partial charge >= 0.3 is 6.01 Å². The van der Waals surface area contributed by atoms with Crippen LogP contribution < -0.4 is 14.5 Å². The molecule has 1 saturated heterocycles. The predicted octanol–water partition coefficient (Wildman–Crippen LogP) is 4.12. The first-order valence-electron chi connectivity index (χ1n) is 15.4. The fourth-order valence-electron chi connectivity index (χ4n) is 6.46. The normalized spacial score (nSPS) is 18.9. The van der Waals surface area contributed by atoms with E-state index in [1.54, 1.807) is 0 Å². The van der Waals surface area contributed by atoms with Crippen molar-refractivity contribution in [2.24, 2.45) is 0 Å². The Hall–Kier alpha value is -4.37. The molecule has 1 amide bonds. The van der Waals surface area contributed by atoms with Crippen LogP contribution in [-0.4, -0.2) is 95.3 Å². The third-order valence-electron chi connectivity index (χ3n) is 8.99. The molecule has 2 aromatic heterocycles. The number of aryl methyl sites for hydroxylation is 1. The van der Waals surface area contributed by atoms with Crippen molar-refractivity contribution in [3.05, 3.63) is 59.8 Å². The van der Waals surface area contributed by atoms with Crippen molar-refractivity contribution in [3.8, 4) is 12.1 Å². The van der Waals surface area contributed by atoms with Gasteiger partial charge in [-0.15, -0.1) is 0 Å². The summed E-state index contributed by atoms with van der Waals surface area (Å²) in [4.78, 5) is 34.4. The van der Waals surface area contributed by atoms with Crippen molar-refractivity contribution >= 4 is 28.2 Å². The van der Waals surface area contributed by atoms with Crippen LogP contribution in [0.25, 0.3) is 10.8 Å². The maximum absolute atomic E-state index is 14.3. The first-order valence-corrected chi connectivity index (χ1v) is 15.4. The number of nitrogens with zero attached hydrogens (tertiary/aromatic N) is 8. The number of pyridine rings is 1. The van der Waals surface area contributed by atoms with Gasteiger partial charge in [0.1, 0.15) is 18.1 Å². The minimum Gasteiger partial charge on any atom is -0.462 e. The second kappa shape index (κ2) is 12.6. The molecular weight excluding hydrogens is 578 g/mol. The third kappa shape index (κ3) is 6.54. The van der Waals surface area contributed by atoms with Crippen molar-refractivity contribution < 1.29 is 18.3 Å². The lowest BCUT2D eigenvalue weighted by Crippen LogP contribution is -2.55. The molecule has 12 heteroatoms. The standard InChI is InChI=1S/C33H38F2N8O2/c1-22-5-4-6-24-17-37-18-28(29(22)24)41-12-8-26-27(20-41)38-32(45-16-15-40(3)21-33(35)9-10-33)39-30(26)42-13-14-43(31(44)23(2)34)25(19-42)7-11-36/h4-6,17-18,25H,2,7-10,12-16,19-21H2,1,3H3/t25-/m0/s1. The zero-order valence-corrected chi connectivity index (χ0v) is 25.8. The Labute approximate surface area is 261 Å². The van der Waals surface area contributed by atoms with Crippen LogP contribution in [0.4, 0.5) is 20.3 Å². The fraction of sp³-hybridized carbons (Fsp3) is 0.485. The van der Waals surface area contributed by atoms with E-state index in [0.717, 1.165) is 34.3 Å². The Bertz CT molecular complexity index is 1650. The summed E-state index contributed by atoms with van der Waals surface area (Å²) >= 11 is 0. The number of amides is 1. The molecule has 3 aromatic rings. The highest BCUT2D eigenvalue weighted by Gasteiger charge is 2.43. The number of alkyl halides is 1. The number of ether oxygens (including phenoxy) is 1. The van der Waals surface area contributed by atoms with Crippen molar-refractivity contribution in [2.75, 3.05) is 62.7 Å². The quantitative estimate of drug-likeness (QED) is 0.311. The summed E-state index contributed by atoms with van der Waals surface area (Å²) in [6.45, 7) is 8.63. The lowest BCUT2D eigenvalue weighted by molar-refractivity contribution is -0.131. The van der Waals surface area contributed by atoms with Crippen LogP contribution in [0.15, 0.2) is 43.0 Å². The van der Waals surface area contributed by atoms with Crippen molar-refractivity contribution in [1.82, 2.24) is 24.8 Å². The Kier molecular flexibility index (Phi) is 8.55. The van der Waals surface area contributed by atoms with E-state index in [9.17, 15) is 18.8 Å². The van der Waals surface area contributed by atoms with Gasteiger partial charge in [-0.3, -0.25) is 14.7 Å². The Morgan fingerprint density at radius 2 is 2.04 bits per heavy atom. The number of likely N-dealkylation sites (N-methyl/N-ethyl adjacent to an activating group) is 1. The summed E-state index contributed by atoms with van der Waals surface area (Å²) in [5.41, 5.74) is 2.93. The van der Waals surface area contributed by atoms with Crippen LogP contribution in [0.1, 0.15) is 36.1 Å². The zero-order chi connectivity index (χ0) is 31.7. The number of fused-ring (bicyclic) bond motifs is 2. The summed E-state index contributed by atoms with van der Waals surface area (Å²) < 4.78 is 34.2. The summed E-state index contributed by atoms with van der Waals surface area (Å²) in [6.07, 6.45) is 5.69. The summed E-state index contributed by atoms with van der Waals surface area (Å²) in [6, 6.07) is 8.03. The molecular formula is C33H38F2N8O2. The minimum atomic E-state index is -1.08. The molecule has 1 saturated carbocycles. The van der Waals surface area contributed by atoms with E-state index < -0.39 is 23.4 Å². The number of hydrogen-bond donors (Lipinski definition) is 0.